The first kappa shape index (κ1) is 34.4. The van der Waals surface area contributed by atoms with E-state index >= 15 is 0 Å². The second kappa shape index (κ2) is 15.2. The monoisotopic (exact) mass is 668 g/mol. The third-order valence-corrected chi connectivity index (χ3v) is 8.42. The summed E-state index contributed by atoms with van der Waals surface area (Å²) in [6, 6.07) is 6.74. The highest BCUT2D eigenvalue weighted by molar-refractivity contribution is 7.91. The Balaban J connectivity index is 1.72. The summed E-state index contributed by atoms with van der Waals surface area (Å²) >= 11 is 4.01. The summed E-state index contributed by atoms with van der Waals surface area (Å²) in [5.74, 6) is 1.36. The maximum Gasteiger partial charge on any atom is 0.572 e. The number of alkyl halides is 3. The van der Waals surface area contributed by atoms with Crippen molar-refractivity contribution in [1.82, 2.24) is 18.7 Å². The van der Waals surface area contributed by atoms with Crippen LogP contribution in [0.5, 0.6) is 0 Å². The largest absolute Gasteiger partial charge is 0.609 e. The third kappa shape index (κ3) is 9.05. The van der Waals surface area contributed by atoms with Crippen LogP contribution in [0, 0.1) is 12.3 Å². The molecule has 3 aromatic rings. The topological polar surface area (TPSA) is 113 Å². The number of hydrogen-bond acceptors (Lipinski definition) is 7. The van der Waals surface area contributed by atoms with Crippen molar-refractivity contribution in [2.24, 2.45) is 7.05 Å². The van der Waals surface area contributed by atoms with Gasteiger partial charge >= 0.3 is 17.2 Å². The number of aryl methyl sites for hydroxylation is 1. The van der Waals surface area contributed by atoms with Gasteiger partial charge in [0.2, 0.25) is 0 Å². The molecule has 0 bridgehead atoms. The Labute approximate surface area is 265 Å². The summed E-state index contributed by atoms with van der Waals surface area (Å²) in [7, 11) is 1.45. The van der Waals surface area contributed by atoms with Crippen molar-refractivity contribution in [2.45, 2.75) is 63.5 Å². The molecule has 0 radical (unpaired) electrons. The fourth-order valence-corrected chi connectivity index (χ4v) is 6.16. The Morgan fingerprint density at radius 1 is 1.27 bits per heavy atom. The number of terminal acetylenes is 1. The number of nitrogens with zero attached hydrogens (tertiary/aromatic N) is 4. The van der Waals surface area contributed by atoms with E-state index in [0.29, 0.717) is 23.6 Å². The van der Waals surface area contributed by atoms with Gasteiger partial charge in [0.05, 0.1) is 13.2 Å². The lowest BCUT2D eigenvalue weighted by molar-refractivity contribution is -0.305. The number of hydrogen-bond donors (Lipinski definition) is 0. The smallest absolute Gasteiger partial charge is 0.572 e. The fraction of sp³-hybridized carbons (Fsp3) is 0.433. The maximum absolute atomic E-state index is 13.8. The van der Waals surface area contributed by atoms with Crippen LogP contribution >= 0.6 is 11.6 Å². The molecule has 2 unspecified atom stereocenters. The second-order valence-electron chi connectivity index (χ2n) is 10.3. The first-order valence-corrected chi connectivity index (χ1v) is 15.7. The van der Waals surface area contributed by atoms with Gasteiger partial charge in [-0.05, 0) is 62.5 Å². The van der Waals surface area contributed by atoms with E-state index in [0.717, 1.165) is 42.9 Å². The molecule has 2 atom stereocenters. The predicted molar refractivity (Wildman–Crippen MR) is 163 cm³/mol. The number of imidazole rings is 1. The van der Waals surface area contributed by atoms with Crippen LogP contribution in [0.25, 0.3) is 11.2 Å². The van der Waals surface area contributed by atoms with E-state index < -0.39 is 34.5 Å². The van der Waals surface area contributed by atoms with Gasteiger partial charge in [-0.15, -0.1) is 19.6 Å². The summed E-state index contributed by atoms with van der Waals surface area (Å²) in [6.45, 7) is 2.07. The molecule has 0 spiro atoms. The zero-order valence-corrected chi connectivity index (χ0v) is 26.2. The number of benzene rings is 1. The van der Waals surface area contributed by atoms with Crippen molar-refractivity contribution < 1.29 is 31.9 Å². The van der Waals surface area contributed by atoms with Crippen molar-refractivity contribution in [3.63, 3.8) is 0 Å². The highest BCUT2D eigenvalue weighted by Crippen LogP contribution is 2.24. The quantitative estimate of drug-likeness (QED) is 0.0909. The Morgan fingerprint density at radius 2 is 2.00 bits per heavy atom. The van der Waals surface area contributed by atoms with Crippen molar-refractivity contribution in [2.75, 3.05) is 19.0 Å². The molecule has 10 nitrogen and oxygen atoms in total. The number of fused-ring (bicyclic) bond motifs is 1. The molecule has 1 saturated heterocycles. The van der Waals surface area contributed by atoms with Crippen LogP contribution in [-0.2, 0) is 45.5 Å². The van der Waals surface area contributed by atoms with Gasteiger partial charge in [0.1, 0.15) is 11.5 Å². The number of allylic oxidation sites excluding steroid dienone is 3. The first-order chi connectivity index (χ1) is 21.4. The Kier molecular flexibility index (Phi) is 11.6. The molecule has 3 heterocycles. The van der Waals surface area contributed by atoms with Crippen molar-refractivity contribution >= 4 is 33.9 Å². The van der Waals surface area contributed by atoms with Gasteiger partial charge in [0.25, 0.3) is 5.56 Å². The molecule has 0 amide bonds. The van der Waals surface area contributed by atoms with E-state index in [1.165, 1.54) is 16.2 Å². The average Bonchev–Trinajstić information content (AvgIpc) is 3.36. The maximum atomic E-state index is 13.8. The Morgan fingerprint density at radius 3 is 2.64 bits per heavy atom. The van der Waals surface area contributed by atoms with Gasteiger partial charge in [-0.25, -0.2) is 4.79 Å². The van der Waals surface area contributed by atoms with Gasteiger partial charge in [-0.2, -0.15) is 4.98 Å². The summed E-state index contributed by atoms with van der Waals surface area (Å²) in [6.07, 6.45) is 5.44. The number of rotatable bonds is 12. The zero-order chi connectivity index (χ0) is 32.7. The lowest BCUT2D eigenvalue weighted by Crippen LogP contribution is -2.40. The molecule has 242 valence electrons. The molecule has 1 aromatic carbocycles. The van der Waals surface area contributed by atoms with Crippen LogP contribution in [0.1, 0.15) is 38.2 Å². The highest BCUT2D eigenvalue weighted by atomic mass is 35.5. The lowest BCUT2D eigenvalue weighted by Gasteiger charge is -2.22. The van der Waals surface area contributed by atoms with Gasteiger partial charge in [0, 0.05) is 42.0 Å². The summed E-state index contributed by atoms with van der Waals surface area (Å²) < 4.78 is 70.9. The predicted octanol–water partition coefficient (Wildman–Crippen LogP) is 4.64. The van der Waals surface area contributed by atoms with Crippen LogP contribution < -0.4 is 11.2 Å². The molecule has 45 heavy (non-hydrogen) atoms. The minimum atomic E-state index is -4.92. The van der Waals surface area contributed by atoms with E-state index in [1.54, 1.807) is 24.3 Å². The molecule has 15 heteroatoms. The molecule has 0 N–H and O–H groups in total. The van der Waals surface area contributed by atoms with E-state index in [9.17, 15) is 27.3 Å². The minimum absolute atomic E-state index is 0.0000241. The molecule has 1 fully saturated rings. The second-order valence-corrected chi connectivity index (χ2v) is 12.1. The first-order valence-electron chi connectivity index (χ1n) is 14.0. The SMILES string of the molecule is C#C/C=C(\C=C(/C)OC(F)(F)F)C[S+]([O-])c1nc2c(c(=O)n(CCCOC3CCCCO3)c(=O)n2C)n1Cc1ccc(Cl)cc1. The number of halogens is 4. The Bertz CT molecular complexity index is 1720. The van der Waals surface area contributed by atoms with Crippen LogP contribution in [-0.4, -0.2) is 54.9 Å². The normalized spacial score (nSPS) is 17.0. The van der Waals surface area contributed by atoms with Gasteiger partial charge in [-0.3, -0.25) is 18.5 Å². The lowest BCUT2D eigenvalue weighted by atomic mass is 10.2. The standard InChI is InChI=1S/C30H32ClF3N4O6S/c1-4-8-22(17-20(2)44-30(32,33)34)19-45(41)28-35-26-25(38(28)18-21-10-12-23(31)13-11-21)27(39)37(29(40)36(26)3)14-7-16-43-24-9-5-6-15-42-24/h1,8,10-13,17,24H,5-7,9,14-16,18-19H2,2-3H3/b20-17+,22-8+. The van der Waals surface area contributed by atoms with Crippen LogP contribution in [0.15, 0.2) is 62.5 Å². The molecule has 0 saturated carbocycles. The van der Waals surface area contributed by atoms with E-state index in [4.69, 9.17) is 27.5 Å². The molecule has 2 aromatic heterocycles. The van der Waals surface area contributed by atoms with E-state index in [1.807, 2.05) is 0 Å². The fourth-order valence-electron chi connectivity index (χ4n) is 4.84. The molecular weight excluding hydrogens is 637 g/mol. The molecule has 1 aliphatic heterocycles. The molecular formula is C30H32ClF3N4O6S. The third-order valence-electron chi connectivity index (χ3n) is 6.85. The van der Waals surface area contributed by atoms with E-state index in [-0.39, 0.29) is 53.6 Å². The molecule has 0 aliphatic carbocycles. The van der Waals surface area contributed by atoms with Gasteiger partial charge < -0.3 is 18.8 Å². The van der Waals surface area contributed by atoms with Crippen molar-refractivity contribution in [1.29, 1.82) is 0 Å². The van der Waals surface area contributed by atoms with Gasteiger partial charge in [-0.1, -0.05) is 29.7 Å². The van der Waals surface area contributed by atoms with Crippen LogP contribution in [0.2, 0.25) is 5.02 Å². The van der Waals surface area contributed by atoms with Crippen LogP contribution in [0.4, 0.5) is 13.2 Å². The summed E-state index contributed by atoms with van der Waals surface area (Å²) in [5, 5.41) is 0.407. The van der Waals surface area contributed by atoms with Crippen molar-refractivity contribution in [3.05, 3.63) is 79.2 Å². The average molecular weight is 669 g/mol. The van der Waals surface area contributed by atoms with E-state index in [2.05, 4.69) is 15.6 Å². The number of aromatic nitrogens is 4. The minimum Gasteiger partial charge on any atom is -0.609 e. The Hall–Kier alpha value is -3.48. The van der Waals surface area contributed by atoms with Crippen LogP contribution in [0.3, 0.4) is 0 Å². The van der Waals surface area contributed by atoms with Gasteiger partial charge in [0.15, 0.2) is 17.5 Å². The summed E-state index contributed by atoms with van der Waals surface area (Å²) in [5.41, 5.74) is -0.449. The molecule has 4 rings (SSSR count). The summed E-state index contributed by atoms with van der Waals surface area (Å²) in [4.78, 5) is 31.5. The zero-order valence-electron chi connectivity index (χ0n) is 24.6. The van der Waals surface area contributed by atoms with Crippen molar-refractivity contribution in [3.8, 4) is 12.3 Å². The molecule has 1 aliphatic rings. The number of ether oxygens (including phenoxy) is 3. The highest BCUT2D eigenvalue weighted by Gasteiger charge is 2.32.